The number of pyridine rings is 1. The van der Waals surface area contributed by atoms with E-state index < -0.39 is 14.3 Å². The van der Waals surface area contributed by atoms with E-state index >= 15 is 0 Å². The van der Waals surface area contributed by atoms with Crippen LogP contribution in [0.4, 0.5) is 25.2 Å². The predicted octanol–water partition coefficient (Wildman–Crippen LogP) is 7.06. The summed E-state index contributed by atoms with van der Waals surface area (Å²) in [4.78, 5) is 6.13. The molecule has 0 N–H and O–H groups in total. The van der Waals surface area contributed by atoms with Crippen molar-refractivity contribution in [2.75, 3.05) is 13.1 Å². The monoisotopic (exact) mass is 491 g/mol. The zero-order chi connectivity index (χ0) is 23.5. The van der Waals surface area contributed by atoms with E-state index in [9.17, 15) is 25.2 Å². The SMILES string of the molecule is CC#N.F[P-](F)(F)(F)(F)F.[2H]C([2H])(c1ccccc1)N(CC)CCc1ccccn1.[Cu+]. The fourth-order valence-electron chi connectivity index (χ4n) is 1.78. The summed E-state index contributed by atoms with van der Waals surface area (Å²) in [6.07, 6.45) is 2.53. The van der Waals surface area contributed by atoms with Gasteiger partial charge in [-0.1, -0.05) is 43.3 Å². The van der Waals surface area contributed by atoms with Gasteiger partial charge in [-0.2, -0.15) is 5.26 Å². The van der Waals surface area contributed by atoms with Crippen LogP contribution in [0.3, 0.4) is 0 Å². The number of benzene rings is 1. The van der Waals surface area contributed by atoms with Crippen LogP contribution in [0.2, 0.25) is 0 Å². The van der Waals surface area contributed by atoms with Gasteiger partial charge in [0.1, 0.15) is 0 Å². The average Bonchev–Trinajstić information content (AvgIpc) is 2.62. The van der Waals surface area contributed by atoms with Gasteiger partial charge in [-0.05, 0) is 24.2 Å². The van der Waals surface area contributed by atoms with Crippen molar-refractivity contribution in [1.82, 2.24) is 9.88 Å². The molecule has 2 aromatic rings. The van der Waals surface area contributed by atoms with Gasteiger partial charge >= 0.3 is 50.1 Å². The molecule has 0 spiro atoms. The van der Waals surface area contributed by atoms with Gasteiger partial charge < -0.3 is 0 Å². The largest absolute Gasteiger partial charge is 1.00 e. The van der Waals surface area contributed by atoms with E-state index in [0.717, 1.165) is 12.1 Å². The minimum atomic E-state index is -10.7. The van der Waals surface area contributed by atoms with Crippen LogP contribution in [-0.2, 0) is 30.0 Å². The Morgan fingerprint density at radius 2 is 1.52 bits per heavy atom. The van der Waals surface area contributed by atoms with Gasteiger partial charge in [0.2, 0.25) is 0 Å². The van der Waals surface area contributed by atoms with E-state index in [2.05, 4.69) is 4.98 Å². The van der Waals surface area contributed by atoms with Gasteiger partial charge in [-0.25, -0.2) is 0 Å². The van der Waals surface area contributed by atoms with Crippen LogP contribution in [0.1, 0.15) is 27.8 Å². The molecule has 11 heteroatoms. The fourth-order valence-corrected chi connectivity index (χ4v) is 1.78. The summed E-state index contributed by atoms with van der Waals surface area (Å²) in [5.41, 5.74) is 1.69. The second-order valence-corrected chi connectivity index (χ2v) is 7.23. The Morgan fingerprint density at radius 1 is 1.03 bits per heavy atom. The van der Waals surface area contributed by atoms with Gasteiger partial charge in [-0.3, -0.25) is 9.88 Å². The van der Waals surface area contributed by atoms with Crippen molar-refractivity contribution >= 4 is 7.81 Å². The van der Waals surface area contributed by atoms with E-state index in [1.165, 1.54) is 6.92 Å². The standard InChI is InChI=1S/C16H20N2.C2H3N.Cu.F6P/c1-2-18(14-15-8-4-3-5-9-15)13-11-16-10-6-7-12-17-16;1-2-3;;1-7(2,3,4,5)6/h3-10,12H,2,11,13-14H2,1H3;1H3;;/q;;+1;-1/i14D2;;;. The summed E-state index contributed by atoms with van der Waals surface area (Å²) in [6, 6.07) is 16.9. The number of nitrogens with zero attached hydrogens (tertiary/aromatic N) is 3. The van der Waals surface area contributed by atoms with Crippen molar-refractivity contribution in [2.45, 2.75) is 26.8 Å². The summed E-state index contributed by atoms with van der Waals surface area (Å²) in [5, 5.41) is 7.32. The summed E-state index contributed by atoms with van der Waals surface area (Å²) >= 11 is 0. The number of rotatable bonds is 6. The van der Waals surface area contributed by atoms with Gasteiger partial charge in [0.05, 0.1) is 6.07 Å². The summed E-state index contributed by atoms with van der Waals surface area (Å²) in [7, 11) is -10.7. The van der Waals surface area contributed by atoms with Gasteiger partial charge in [-0.15, -0.1) is 0 Å². The van der Waals surface area contributed by atoms with Gasteiger partial charge in [0.25, 0.3) is 0 Å². The van der Waals surface area contributed by atoms with Crippen molar-refractivity contribution in [3.8, 4) is 6.07 Å². The van der Waals surface area contributed by atoms with Crippen LogP contribution in [0.15, 0.2) is 54.7 Å². The molecular weight excluding hydrogens is 467 g/mol. The summed E-state index contributed by atoms with van der Waals surface area (Å²) < 4.78 is 75.9. The van der Waals surface area contributed by atoms with E-state index in [-0.39, 0.29) is 17.1 Å². The van der Waals surface area contributed by atoms with Crippen LogP contribution in [0.5, 0.6) is 0 Å². The minimum absolute atomic E-state index is 0. The van der Waals surface area contributed by atoms with E-state index in [1.807, 2.05) is 60.4 Å². The van der Waals surface area contributed by atoms with Crippen LogP contribution in [-0.4, -0.2) is 23.0 Å². The molecule has 29 heavy (non-hydrogen) atoms. The van der Waals surface area contributed by atoms with Crippen LogP contribution >= 0.6 is 7.81 Å². The maximum Gasteiger partial charge on any atom is 1.00 e. The molecule has 0 bridgehead atoms. The molecule has 1 aromatic heterocycles. The fraction of sp³-hybridized carbons (Fsp3) is 0.333. The maximum atomic E-state index is 9.87. The number of nitriles is 1. The van der Waals surface area contributed by atoms with Crippen LogP contribution in [0.25, 0.3) is 0 Å². The minimum Gasteiger partial charge on any atom is -0.299 e. The zero-order valence-electron chi connectivity index (χ0n) is 17.7. The molecule has 0 atom stereocenters. The molecule has 1 aromatic carbocycles. The number of likely N-dealkylation sites (N-methyl/N-ethyl adjacent to an activating group) is 1. The molecule has 0 unspecified atom stereocenters. The maximum absolute atomic E-state index is 10.7. The Balaban J connectivity index is 0. The van der Waals surface area contributed by atoms with Crippen LogP contribution in [0, 0.1) is 11.3 Å². The first-order chi connectivity index (χ1) is 13.5. The molecule has 1 heterocycles. The van der Waals surface area contributed by atoms with Crippen molar-refractivity contribution < 1.29 is 45.0 Å². The smallest absolute Gasteiger partial charge is 0.299 e. The van der Waals surface area contributed by atoms with E-state index in [0.29, 0.717) is 18.7 Å². The molecular formula is C18H23CuF6N3P. The predicted molar refractivity (Wildman–Crippen MR) is 100 cm³/mol. The Bertz CT molecular complexity index is 793. The van der Waals surface area contributed by atoms with Crippen molar-refractivity contribution in [2.24, 2.45) is 0 Å². The molecule has 0 aliphatic carbocycles. The second-order valence-electron chi connectivity index (χ2n) is 5.31. The first-order valence-electron chi connectivity index (χ1n) is 9.09. The van der Waals surface area contributed by atoms with Gasteiger partial charge in [0, 0.05) is 41.0 Å². The van der Waals surface area contributed by atoms with E-state index in [1.54, 1.807) is 12.3 Å². The Labute approximate surface area is 180 Å². The molecule has 0 saturated carbocycles. The Hall–Kier alpha value is -1.65. The van der Waals surface area contributed by atoms with E-state index in [4.69, 9.17) is 8.00 Å². The number of hydrogen-bond donors (Lipinski definition) is 0. The number of aromatic nitrogens is 1. The Morgan fingerprint density at radius 3 is 1.93 bits per heavy atom. The third-order valence-electron chi connectivity index (χ3n) is 2.81. The first kappa shape index (κ1) is 25.4. The third kappa shape index (κ3) is 24.3. The molecule has 0 aliphatic rings. The topological polar surface area (TPSA) is 39.9 Å². The molecule has 0 fully saturated rings. The second kappa shape index (κ2) is 12.1. The number of halogens is 6. The first-order valence-corrected chi connectivity index (χ1v) is 10.1. The molecule has 3 nitrogen and oxygen atoms in total. The van der Waals surface area contributed by atoms with Gasteiger partial charge in [0.15, 0.2) is 0 Å². The quantitative estimate of drug-likeness (QED) is 0.247. The molecule has 0 radical (unpaired) electrons. The molecule has 168 valence electrons. The van der Waals surface area contributed by atoms with Crippen molar-refractivity contribution in [3.05, 3.63) is 66.0 Å². The molecule has 2 rings (SSSR count). The summed E-state index contributed by atoms with van der Waals surface area (Å²) in [5.74, 6) is 0. The summed E-state index contributed by atoms with van der Waals surface area (Å²) in [6.45, 7) is 3.27. The third-order valence-corrected chi connectivity index (χ3v) is 2.81. The molecule has 0 aliphatic heterocycles. The number of hydrogen-bond acceptors (Lipinski definition) is 3. The zero-order valence-corrected chi connectivity index (χ0v) is 17.5. The average molecular weight is 492 g/mol. The Kier molecular flexibility index (Phi) is 10.6. The van der Waals surface area contributed by atoms with Crippen LogP contribution < -0.4 is 0 Å². The van der Waals surface area contributed by atoms with Crippen molar-refractivity contribution in [3.63, 3.8) is 0 Å². The normalized spacial score (nSPS) is 14.1. The van der Waals surface area contributed by atoms with Crippen molar-refractivity contribution in [1.29, 1.82) is 5.26 Å². The molecule has 0 saturated heterocycles. The molecule has 0 amide bonds.